The third-order valence-corrected chi connectivity index (χ3v) is 3.42. The maximum absolute atomic E-state index is 10.3. The van der Waals surface area contributed by atoms with Crippen LogP contribution >= 0.6 is 0 Å². The highest BCUT2D eigenvalue weighted by Gasteiger charge is 2.43. The molecule has 0 radical (unpaired) electrons. The van der Waals surface area contributed by atoms with Crippen LogP contribution < -0.4 is 0 Å². The summed E-state index contributed by atoms with van der Waals surface area (Å²) in [6.45, 7) is -0.517. The van der Waals surface area contributed by atoms with Crippen LogP contribution in [0.4, 0.5) is 0 Å². The summed E-state index contributed by atoms with van der Waals surface area (Å²) in [7, 11) is 0. The highest BCUT2D eigenvalue weighted by Crippen LogP contribution is 2.24. The predicted molar refractivity (Wildman–Crippen MR) is 65.9 cm³/mol. The van der Waals surface area contributed by atoms with Crippen molar-refractivity contribution in [2.75, 3.05) is 6.61 Å². The Bertz CT molecular complexity index is 308. The third kappa shape index (κ3) is 4.65. The zero-order valence-electron chi connectivity index (χ0n) is 11.0. The van der Waals surface area contributed by atoms with Gasteiger partial charge in [0.05, 0.1) is 18.8 Å². The third-order valence-electron chi connectivity index (χ3n) is 3.42. The van der Waals surface area contributed by atoms with E-state index in [-0.39, 0.29) is 25.7 Å². The first kappa shape index (κ1) is 17.3. The summed E-state index contributed by atoms with van der Waals surface area (Å²) in [4.78, 5) is 10.3. The number of ether oxygens (including phenoxy) is 1. The maximum Gasteiger partial charge on any atom is 0.303 e. The lowest BCUT2D eigenvalue weighted by Gasteiger charge is -2.40. The predicted octanol–water partition coefficient (Wildman–Crippen LogP) is -2.17. The highest BCUT2D eigenvalue weighted by atomic mass is 16.5. The van der Waals surface area contributed by atoms with E-state index in [4.69, 9.17) is 14.9 Å². The van der Waals surface area contributed by atoms with E-state index in [0.29, 0.717) is 0 Å². The van der Waals surface area contributed by atoms with Crippen LogP contribution in [0.2, 0.25) is 0 Å². The normalized spacial score (nSPS) is 35.8. The number of aliphatic hydroxyl groups is 5. The number of carboxylic acid groups (broad SMARTS) is 1. The molecule has 1 fully saturated rings. The van der Waals surface area contributed by atoms with Gasteiger partial charge in [-0.3, -0.25) is 4.79 Å². The number of hydrogen-bond donors (Lipinski definition) is 6. The van der Waals surface area contributed by atoms with Gasteiger partial charge in [-0.05, 0) is 12.8 Å². The van der Waals surface area contributed by atoms with Crippen LogP contribution in [-0.4, -0.2) is 79.8 Å². The summed E-state index contributed by atoms with van der Waals surface area (Å²) in [5.41, 5.74) is 0. The number of hydrogen-bond acceptors (Lipinski definition) is 7. The van der Waals surface area contributed by atoms with E-state index in [2.05, 4.69) is 0 Å². The average Bonchev–Trinajstić information content (AvgIpc) is 2.39. The number of aliphatic hydroxyl groups excluding tert-OH is 5. The van der Waals surface area contributed by atoms with Gasteiger partial charge in [-0.15, -0.1) is 0 Å². The van der Waals surface area contributed by atoms with Crippen LogP contribution in [0.25, 0.3) is 0 Å². The van der Waals surface area contributed by atoms with Crippen LogP contribution in [-0.2, 0) is 9.53 Å². The molecule has 1 aliphatic rings. The van der Waals surface area contributed by atoms with Crippen molar-refractivity contribution in [1.82, 2.24) is 0 Å². The summed E-state index contributed by atoms with van der Waals surface area (Å²) < 4.78 is 5.24. The Kier molecular flexibility index (Phi) is 6.80. The molecule has 1 heterocycles. The van der Waals surface area contributed by atoms with Crippen LogP contribution in [0.1, 0.15) is 25.7 Å². The Morgan fingerprint density at radius 3 is 2.25 bits per heavy atom. The lowest BCUT2D eigenvalue weighted by Crippen LogP contribution is -2.59. The van der Waals surface area contributed by atoms with Gasteiger partial charge >= 0.3 is 5.97 Å². The molecule has 0 aliphatic carbocycles. The molecule has 6 atom stereocenters. The summed E-state index contributed by atoms with van der Waals surface area (Å²) in [5.74, 6) is -0.954. The second-order valence-electron chi connectivity index (χ2n) is 5.04. The smallest absolute Gasteiger partial charge is 0.303 e. The molecule has 1 aliphatic heterocycles. The van der Waals surface area contributed by atoms with E-state index >= 15 is 0 Å². The fraction of sp³-hybridized carbons (Fsp3) is 0.917. The van der Waals surface area contributed by atoms with Crippen molar-refractivity contribution in [2.45, 2.75) is 62.3 Å². The fourth-order valence-corrected chi connectivity index (χ4v) is 2.25. The first-order valence-corrected chi connectivity index (χ1v) is 6.57. The number of carboxylic acids is 1. The molecule has 1 rings (SSSR count). The standard InChI is InChI=1S/C12H22O8/c13-5-8-11(18)12(19)10(17)7(20-8)4-6(14)2-1-3-9(15)16/h6-8,10-14,17-19H,1-5H2,(H,15,16)/t6?,7-,8+,10-,11-,12+/m0/s1. The maximum atomic E-state index is 10.3. The van der Waals surface area contributed by atoms with Crippen molar-refractivity contribution in [3.63, 3.8) is 0 Å². The highest BCUT2D eigenvalue weighted by molar-refractivity contribution is 5.66. The monoisotopic (exact) mass is 294 g/mol. The molecule has 118 valence electrons. The number of rotatable bonds is 7. The van der Waals surface area contributed by atoms with Crippen LogP contribution in [0.15, 0.2) is 0 Å². The molecule has 8 heteroatoms. The zero-order chi connectivity index (χ0) is 15.3. The molecule has 0 aromatic carbocycles. The van der Waals surface area contributed by atoms with Gasteiger partial charge in [-0.1, -0.05) is 0 Å². The summed E-state index contributed by atoms with van der Waals surface area (Å²) >= 11 is 0. The van der Waals surface area contributed by atoms with Gasteiger partial charge in [-0.25, -0.2) is 0 Å². The van der Waals surface area contributed by atoms with Crippen molar-refractivity contribution in [2.24, 2.45) is 0 Å². The minimum Gasteiger partial charge on any atom is -0.481 e. The van der Waals surface area contributed by atoms with Gasteiger partial charge in [0.1, 0.15) is 24.4 Å². The van der Waals surface area contributed by atoms with E-state index in [9.17, 15) is 25.2 Å². The molecule has 1 unspecified atom stereocenters. The zero-order valence-corrected chi connectivity index (χ0v) is 11.0. The van der Waals surface area contributed by atoms with Gasteiger partial charge in [0.15, 0.2) is 0 Å². The van der Waals surface area contributed by atoms with Gasteiger partial charge in [0.2, 0.25) is 0 Å². The molecule has 0 saturated carbocycles. The Balaban J connectivity index is 2.46. The minimum atomic E-state index is -1.46. The fourth-order valence-electron chi connectivity index (χ4n) is 2.25. The van der Waals surface area contributed by atoms with Crippen LogP contribution in [0.3, 0.4) is 0 Å². The summed E-state index contributed by atoms with van der Waals surface area (Å²) in [5, 5.41) is 56.2. The molecular formula is C12H22O8. The van der Waals surface area contributed by atoms with Crippen molar-refractivity contribution < 1.29 is 40.2 Å². The van der Waals surface area contributed by atoms with E-state index < -0.39 is 49.2 Å². The Morgan fingerprint density at radius 2 is 1.70 bits per heavy atom. The van der Waals surface area contributed by atoms with Crippen molar-refractivity contribution in [3.8, 4) is 0 Å². The van der Waals surface area contributed by atoms with Crippen LogP contribution in [0, 0.1) is 0 Å². The second kappa shape index (κ2) is 7.87. The average molecular weight is 294 g/mol. The first-order valence-electron chi connectivity index (χ1n) is 6.57. The largest absolute Gasteiger partial charge is 0.481 e. The van der Waals surface area contributed by atoms with E-state index in [1.807, 2.05) is 0 Å². The number of carbonyl (C=O) groups is 1. The molecule has 0 spiro atoms. The molecule has 0 aromatic rings. The van der Waals surface area contributed by atoms with Gasteiger partial charge < -0.3 is 35.4 Å². The molecule has 20 heavy (non-hydrogen) atoms. The van der Waals surface area contributed by atoms with E-state index in [1.165, 1.54) is 0 Å². The number of aliphatic carboxylic acids is 1. The van der Waals surface area contributed by atoms with Crippen LogP contribution in [0.5, 0.6) is 0 Å². The Labute approximate surface area is 116 Å². The quantitative estimate of drug-likeness (QED) is 0.311. The van der Waals surface area contributed by atoms with Crippen molar-refractivity contribution in [1.29, 1.82) is 0 Å². The van der Waals surface area contributed by atoms with Crippen molar-refractivity contribution in [3.05, 3.63) is 0 Å². The molecular weight excluding hydrogens is 272 g/mol. The molecule has 0 amide bonds. The SMILES string of the molecule is O=C(O)CCCC(O)C[C@@H]1O[C@H](CO)[C@H](O)[C@H](O)[C@H]1O. The lowest BCUT2D eigenvalue weighted by atomic mass is 9.91. The van der Waals surface area contributed by atoms with E-state index in [1.54, 1.807) is 0 Å². The minimum absolute atomic E-state index is 0.0128. The molecule has 0 aromatic heterocycles. The first-order chi connectivity index (χ1) is 9.36. The molecule has 6 N–H and O–H groups in total. The summed E-state index contributed by atoms with van der Waals surface area (Å²) in [6.07, 6.45) is -6.64. The van der Waals surface area contributed by atoms with Crippen molar-refractivity contribution >= 4 is 5.97 Å². The van der Waals surface area contributed by atoms with Gasteiger partial charge in [0.25, 0.3) is 0 Å². The van der Waals surface area contributed by atoms with Gasteiger partial charge in [0, 0.05) is 12.8 Å². The summed E-state index contributed by atoms with van der Waals surface area (Å²) in [6, 6.07) is 0. The lowest BCUT2D eigenvalue weighted by molar-refractivity contribution is -0.234. The Hall–Kier alpha value is -0.770. The second-order valence-corrected chi connectivity index (χ2v) is 5.04. The molecule has 0 bridgehead atoms. The molecule has 8 nitrogen and oxygen atoms in total. The van der Waals surface area contributed by atoms with E-state index in [0.717, 1.165) is 0 Å². The topological polar surface area (TPSA) is 148 Å². The molecule has 1 saturated heterocycles. The Morgan fingerprint density at radius 1 is 1.10 bits per heavy atom. The van der Waals surface area contributed by atoms with Gasteiger partial charge in [-0.2, -0.15) is 0 Å².